The van der Waals surface area contributed by atoms with Crippen LogP contribution in [0.5, 0.6) is 0 Å². The van der Waals surface area contributed by atoms with Gasteiger partial charge in [0.15, 0.2) is 0 Å². The number of nitrogens with zero attached hydrogens (tertiary/aromatic N) is 5. The fraction of sp³-hybridized carbons (Fsp3) is 0.842. The number of ether oxygens (including phenoxy) is 1. The smallest absolute Gasteiger partial charge is 0.228 e. The minimum absolute atomic E-state index is 0.0628. The van der Waals surface area contributed by atoms with Gasteiger partial charge in [0, 0.05) is 52.1 Å². The summed E-state index contributed by atoms with van der Waals surface area (Å²) in [7, 11) is 3.82. The standard InChI is InChI=1S/C19H29N5O3/c1-22(7-11-3-4-11)19(26)13-5-16-17(25)14-9-24(10-15(14)18(13)27-16)8-12-6-20-21-23(12)2/h6,11,13-18,25H,3-5,7-10H2,1-2H3/t13?,14-,15+,16+,17+,18-/m1/s1. The molecule has 1 aliphatic carbocycles. The first-order chi connectivity index (χ1) is 13.0. The van der Waals surface area contributed by atoms with Crippen molar-refractivity contribution in [3.05, 3.63) is 11.9 Å². The van der Waals surface area contributed by atoms with Crippen LogP contribution in [0, 0.1) is 23.7 Å². The van der Waals surface area contributed by atoms with Crippen LogP contribution in [0.4, 0.5) is 0 Å². The molecule has 5 rings (SSSR count). The monoisotopic (exact) mass is 375 g/mol. The van der Waals surface area contributed by atoms with Crippen molar-refractivity contribution in [2.45, 2.75) is 44.1 Å². The molecule has 3 saturated heterocycles. The molecule has 4 heterocycles. The summed E-state index contributed by atoms with van der Waals surface area (Å²) in [6.45, 7) is 3.32. The van der Waals surface area contributed by atoms with Crippen LogP contribution < -0.4 is 0 Å². The van der Waals surface area contributed by atoms with E-state index in [0.717, 1.165) is 31.9 Å². The molecule has 8 heteroatoms. The lowest BCUT2D eigenvalue weighted by Gasteiger charge is -2.36. The van der Waals surface area contributed by atoms with Crippen LogP contribution in [0.25, 0.3) is 0 Å². The number of carbonyl (C=O) groups excluding carboxylic acids is 1. The highest BCUT2D eigenvalue weighted by atomic mass is 16.5. The molecule has 1 aromatic rings. The Hall–Kier alpha value is -1.51. The van der Waals surface area contributed by atoms with E-state index < -0.39 is 6.10 Å². The van der Waals surface area contributed by atoms with Crippen LogP contribution in [0.2, 0.25) is 0 Å². The van der Waals surface area contributed by atoms with Crippen molar-refractivity contribution in [2.75, 3.05) is 26.7 Å². The molecule has 2 bridgehead atoms. The topological polar surface area (TPSA) is 83.7 Å². The molecule has 0 radical (unpaired) electrons. The Bertz CT molecular complexity index is 720. The van der Waals surface area contributed by atoms with Gasteiger partial charge in [0.05, 0.1) is 36.1 Å². The van der Waals surface area contributed by atoms with E-state index in [1.807, 2.05) is 19.0 Å². The highest BCUT2D eigenvalue weighted by molar-refractivity contribution is 5.79. The lowest BCUT2D eigenvalue weighted by atomic mass is 9.83. The molecule has 8 nitrogen and oxygen atoms in total. The van der Waals surface area contributed by atoms with Gasteiger partial charge in [-0.15, -0.1) is 5.10 Å². The Morgan fingerprint density at radius 1 is 1.37 bits per heavy atom. The Morgan fingerprint density at radius 2 is 2.15 bits per heavy atom. The largest absolute Gasteiger partial charge is 0.390 e. The van der Waals surface area contributed by atoms with Crippen molar-refractivity contribution in [1.29, 1.82) is 0 Å². The van der Waals surface area contributed by atoms with E-state index >= 15 is 0 Å². The maximum Gasteiger partial charge on any atom is 0.228 e. The van der Waals surface area contributed by atoms with Gasteiger partial charge in [-0.05, 0) is 25.2 Å². The molecule has 1 aromatic heterocycles. The lowest BCUT2D eigenvalue weighted by Crippen LogP contribution is -2.47. The number of amides is 1. The van der Waals surface area contributed by atoms with Crippen molar-refractivity contribution >= 4 is 5.91 Å². The van der Waals surface area contributed by atoms with Gasteiger partial charge >= 0.3 is 0 Å². The number of aliphatic hydroxyl groups is 1. The summed E-state index contributed by atoms with van der Waals surface area (Å²) in [4.78, 5) is 17.3. The first-order valence-corrected chi connectivity index (χ1v) is 10.2. The van der Waals surface area contributed by atoms with Gasteiger partial charge in [0.25, 0.3) is 0 Å². The number of aliphatic hydroxyl groups excluding tert-OH is 1. The minimum atomic E-state index is -0.479. The Morgan fingerprint density at radius 3 is 2.85 bits per heavy atom. The molecule has 3 aliphatic heterocycles. The first-order valence-electron chi connectivity index (χ1n) is 10.2. The zero-order valence-electron chi connectivity index (χ0n) is 16.1. The fourth-order valence-electron chi connectivity index (χ4n) is 5.40. The summed E-state index contributed by atoms with van der Waals surface area (Å²) in [5.41, 5.74) is 1.06. The fourth-order valence-corrected chi connectivity index (χ4v) is 5.40. The molecule has 1 amide bonds. The second kappa shape index (κ2) is 6.53. The van der Waals surface area contributed by atoms with Gasteiger partial charge in [0.1, 0.15) is 0 Å². The van der Waals surface area contributed by atoms with Gasteiger partial charge in [-0.25, -0.2) is 0 Å². The lowest BCUT2D eigenvalue weighted by molar-refractivity contribution is -0.146. The van der Waals surface area contributed by atoms with Gasteiger partial charge in [-0.3, -0.25) is 14.4 Å². The van der Waals surface area contributed by atoms with Crippen molar-refractivity contribution in [3.8, 4) is 0 Å². The normalized spacial score (nSPS) is 38.2. The molecule has 6 atom stereocenters. The van der Waals surface area contributed by atoms with Crippen molar-refractivity contribution in [2.24, 2.45) is 30.7 Å². The van der Waals surface area contributed by atoms with Crippen LogP contribution in [-0.2, 0) is 23.1 Å². The molecule has 148 valence electrons. The zero-order valence-corrected chi connectivity index (χ0v) is 16.1. The third-order valence-corrected chi connectivity index (χ3v) is 7.06. The average Bonchev–Trinajstić information content (AvgIpc) is 3.06. The molecular formula is C19H29N5O3. The predicted octanol–water partition coefficient (Wildman–Crippen LogP) is -0.120. The number of carbonyl (C=O) groups is 1. The number of aromatic nitrogens is 3. The second-order valence-electron chi connectivity index (χ2n) is 9.00. The number of rotatable bonds is 5. The van der Waals surface area contributed by atoms with E-state index in [2.05, 4.69) is 15.2 Å². The Labute approximate surface area is 159 Å². The number of likely N-dealkylation sites (tertiary alicyclic amines) is 1. The summed E-state index contributed by atoms with van der Waals surface area (Å²) < 4.78 is 7.97. The summed E-state index contributed by atoms with van der Waals surface area (Å²) in [5, 5.41) is 18.8. The van der Waals surface area contributed by atoms with Crippen LogP contribution in [0.15, 0.2) is 6.20 Å². The quantitative estimate of drug-likeness (QED) is 0.773. The summed E-state index contributed by atoms with van der Waals surface area (Å²) >= 11 is 0. The molecule has 1 N–H and O–H groups in total. The van der Waals surface area contributed by atoms with Crippen LogP contribution in [0.3, 0.4) is 0 Å². The van der Waals surface area contributed by atoms with Crippen LogP contribution >= 0.6 is 0 Å². The Balaban J connectivity index is 1.30. The molecule has 1 saturated carbocycles. The minimum Gasteiger partial charge on any atom is -0.390 e. The van der Waals surface area contributed by atoms with E-state index in [-0.39, 0.29) is 35.9 Å². The number of hydrogen-bond acceptors (Lipinski definition) is 6. The van der Waals surface area contributed by atoms with Crippen molar-refractivity contribution in [3.63, 3.8) is 0 Å². The maximum atomic E-state index is 13.1. The SMILES string of the molecule is CN(CC1CC1)C(=O)C1C[C@@H]2O[C@H]1[C@H]1CN(Cc3cnnn3C)C[C@H]1[C@@H]2O. The highest BCUT2D eigenvalue weighted by Gasteiger charge is 2.58. The molecular weight excluding hydrogens is 346 g/mol. The number of fused-ring (bicyclic) bond motifs is 4. The first kappa shape index (κ1) is 17.6. The number of aryl methyl sites for hydroxylation is 1. The van der Waals surface area contributed by atoms with Crippen LogP contribution in [-0.4, -0.2) is 80.8 Å². The van der Waals surface area contributed by atoms with E-state index in [9.17, 15) is 9.90 Å². The van der Waals surface area contributed by atoms with Crippen LogP contribution in [0.1, 0.15) is 25.0 Å². The van der Waals surface area contributed by atoms with Crippen molar-refractivity contribution < 1.29 is 14.6 Å². The average molecular weight is 375 g/mol. The maximum absolute atomic E-state index is 13.1. The second-order valence-corrected chi connectivity index (χ2v) is 9.00. The summed E-state index contributed by atoms with van der Waals surface area (Å²) in [5.74, 6) is 1.18. The van der Waals surface area contributed by atoms with Gasteiger partial charge in [-0.2, -0.15) is 0 Å². The summed E-state index contributed by atoms with van der Waals surface area (Å²) in [6, 6.07) is 0. The van der Waals surface area contributed by atoms with E-state index in [4.69, 9.17) is 4.74 Å². The predicted molar refractivity (Wildman–Crippen MR) is 96.4 cm³/mol. The molecule has 0 spiro atoms. The third kappa shape index (κ3) is 3.07. The van der Waals surface area contributed by atoms with Crippen molar-refractivity contribution in [1.82, 2.24) is 24.8 Å². The molecule has 0 aromatic carbocycles. The molecule has 1 unspecified atom stereocenters. The molecule has 4 fully saturated rings. The van der Waals surface area contributed by atoms with Gasteiger partial charge < -0.3 is 14.7 Å². The van der Waals surface area contributed by atoms with E-state index in [1.54, 1.807) is 10.9 Å². The number of hydrogen-bond donors (Lipinski definition) is 1. The molecule has 4 aliphatic rings. The van der Waals surface area contributed by atoms with E-state index in [0.29, 0.717) is 12.3 Å². The molecule has 27 heavy (non-hydrogen) atoms. The Kier molecular flexibility index (Phi) is 4.25. The zero-order chi connectivity index (χ0) is 18.7. The highest BCUT2D eigenvalue weighted by Crippen LogP contribution is 2.47. The van der Waals surface area contributed by atoms with Gasteiger partial charge in [-0.1, -0.05) is 5.21 Å². The third-order valence-electron chi connectivity index (χ3n) is 7.06. The summed E-state index contributed by atoms with van der Waals surface area (Å²) in [6.07, 6.45) is 4.20. The van der Waals surface area contributed by atoms with E-state index in [1.165, 1.54) is 12.8 Å². The van der Waals surface area contributed by atoms with Gasteiger partial charge in [0.2, 0.25) is 5.91 Å².